The van der Waals surface area contributed by atoms with Gasteiger partial charge in [0.25, 0.3) is 11.7 Å². The van der Waals surface area contributed by atoms with Gasteiger partial charge in [0.2, 0.25) is 5.89 Å². The molecule has 1 saturated carbocycles. The summed E-state index contributed by atoms with van der Waals surface area (Å²) < 4.78 is 7.27. The summed E-state index contributed by atoms with van der Waals surface area (Å²) in [4.78, 5) is 18.6. The van der Waals surface area contributed by atoms with E-state index in [1.165, 1.54) is 0 Å². The van der Waals surface area contributed by atoms with Crippen LogP contribution in [0, 0.1) is 0 Å². The first-order valence-electron chi connectivity index (χ1n) is 8.15. The van der Waals surface area contributed by atoms with Crippen molar-refractivity contribution in [1.82, 2.24) is 30.1 Å². The number of hydrogen-bond acceptors (Lipinski definition) is 6. The second kappa shape index (κ2) is 6.11. The van der Waals surface area contributed by atoms with Gasteiger partial charge in [0.1, 0.15) is 0 Å². The predicted octanol–water partition coefficient (Wildman–Crippen LogP) is 0.995. The molecule has 8 nitrogen and oxygen atoms in total. The third-order valence-electron chi connectivity index (χ3n) is 4.38. The van der Waals surface area contributed by atoms with Crippen molar-refractivity contribution in [2.24, 2.45) is 0 Å². The molecule has 122 valence electrons. The molecule has 1 atom stereocenters. The van der Waals surface area contributed by atoms with Gasteiger partial charge in [-0.25, -0.2) is 0 Å². The molecule has 1 aliphatic heterocycles. The molecule has 8 heteroatoms. The standard InChI is InChI=1S/C15H20N6O2/c22-14(17-11-4-5-11)13-18-15(23-19-13)12-3-1-7-20(12)9-10-21-8-2-6-16-21/h2,6,8,11-12H,1,3-5,7,9-10H2,(H,17,22)/t12-/m1/s1. The van der Waals surface area contributed by atoms with Crippen LogP contribution in [0.1, 0.15) is 48.2 Å². The van der Waals surface area contributed by atoms with E-state index in [0.29, 0.717) is 11.9 Å². The highest BCUT2D eigenvalue weighted by atomic mass is 16.5. The van der Waals surface area contributed by atoms with E-state index in [4.69, 9.17) is 4.52 Å². The molecular formula is C15H20N6O2. The summed E-state index contributed by atoms with van der Waals surface area (Å²) in [6.45, 7) is 2.70. The summed E-state index contributed by atoms with van der Waals surface area (Å²) in [5.74, 6) is 0.457. The molecule has 0 radical (unpaired) electrons. The second-order valence-corrected chi connectivity index (χ2v) is 6.17. The Morgan fingerprint density at radius 1 is 1.35 bits per heavy atom. The smallest absolute Gasteiger partial charge is 0.292 e. The van der Waals surface area contributed by atoms with Gasteiger partial charge in [-0.15, -0.1) is 0 Å². The molecule has 2 aromatic rings. The normalized spacial score (nSPS) is 21.7. The third kappa shape index (κ3) is 3.26. The fourth-order valence-electron chi connectivity index (χ4n) is 2.98. The van der Waals surface area contributed by atoms with Gasteiger partial charge in [-0.1, -0.05) is 5.16 Å². The lowest BCUT2D eigenvalue weighted by molar-refractivity contribution is 0.0937. The van der Waals surface area contributed by atoms with Crippen LogP contribution in [0.4, 0.5) is 0 Å². The fraction of sp³-hybridized carbons (Fsp3) is 0.600. The van der Waals surface area contributed by atoms with Crippen molar-refractivity contribution in [3.05, 3.63) is 30.2 Å². The van der Waals surface area contributed by atoms with Crippen molar-refractivity contribution in [1.29, 1.82) is 0 Å². The summed E-state index contributed by atoms with van der Waals surface area (Å²) in [5.41, 5.74) is 0. The first-order chi connectivity index (χ1) is 11.3. The highest BCUT2D eigenvalue weighted by molar-refractivity contribution is 5.90. The minimum absolute atomic E-state index is 0.0977. The SMILES string of the molecule is O=C(NC1CC1)c1noc([C@H]2CCCN2CCn2cccn2)n1. The van der Waals surface area contributed by atoms with Gasteiger partial charge in [0.05, 0.1) is 12.6 Å². The Kier molecular flexibility index (Phi) is 3.82. The maximum atomic E-state index is 12.0. The zero-order valence-corrected chi connectivity index (χ0v) is 12.9. The van der Waals surface area contributed by atoms with Crippen LogP contribution >= 0.6 is 0 Å². The lowest BCUT2D eigenvalue weighted by Crippen LogP contribution is -2.28. The van der Waals surface area contributed by atoms with E-state index in [0.717, 1.165) is 45.3 Å². The Labute approximate surface area is 133 Å². The van der Waals surface area contributed by atoms with Crippen molar-refractivity contribution in [2.45, 2.75) is 44.3 Å². The summed E-state index contributed by atoms with van der Waals surface area (Å²) in [7, 11) is 0. The minimum Gasteiger partial charge on any atom is -0.346 e. The highest BCUT2D eigenvalue weighted by Gasteiger charge is 2.32. The molecule has 1 aliphatic carbocycles. The number of hydrogen-bond donors (Lipinski definition) is 1. The molecule has 0 bridgehead atoms. The Balaban J connectivity index is 1.39. The number of likely N-dealkylation sites (tertiary alicyclic amines) is 1. The zero-order chi connectivity index (χ0) is 15.6. The Bertz CT molecular complexity index is 663. The number of nitrogens with one attached hydrogen (secondary N) is 1. The Morgan fingerprint density at radius 3 is 3.04 bits per heavy atom. The van der Waals surface area contributed by atoms with Crippen LogP contribution in [0.2, 0.25) is 0 Å². The average Bonchev–Trinajstić information content (AvgIpc) is 3.05. The molecule has 2 aromatic heterocycles. The van der Waals surface area contributed by atoms with Gasteiger partial charge in [-0.05, 0) is 38.3 Å². The van der Waals surface area contributed by atoms with E-state index in [2.05, 4.69) is 25.5 Å². The molecular weight excluding hydrogens is 296 g/mol. The topological polar surface area (TPSA) is 89.1 Å². The van der Waals surface area contributed by atoms with Crippen molar-refractivity contribution in [3.8, 4) is 0 Å². The largest absolute Gasteiger partial charge is 0.346 e. The van der Waals surface area contributed by atoms with Crippen LogP contribution in [0.15, 0.2) is 23.0 Å². The number of rotatable bonds is 6. The summed E-state index contributed by atoms with van der Waals surface area (Å²) >= 11 is 0. The number of aromatic nitrogens is 4. The lowest BCUT2D eigenvalue weighted by Gasteiger charge is -2.21. The van der Waals surface area contributed by atoms with Crippen molar-refractivity contribution in [2.75, 3.05) is 13.1 Å². The highest BCUT2D eigenvalue weighted by Crippen LogP contribution is 2.30. The summed E-state index contributed by atoms with van der Waals surface area (Å²) in [5, 5.41) is 10.9. The second-order valence-electron chi connectivity index (χ2n) is 6.17. The van der Waals surface area contributed by atoms with E-state index in [1.807, 2.05) is 16.9 Å². The van der Waals surface area contributed by atoms with Crippen molar-refractivity contribution >= 4 is 5.91 Å². The molecule has 2 aliphatic rings. The van der Waals surface area contributed by atoms with Gasteiger partial charge in [-0.3, -0.25) is 14.4 Å². The summed E-state index contributed by atoms with van der Waals surface area (Å²) in [6, 6.07) is 2.31. The van der Waals surface area contributed by atoms with Gasteiger partial charge in [0, 0.05) is 25.0 Å². The van der Waals surface area contributed by atoms with Gasteiger partial charge >= 0.3 is 0 Å². The first-order valence-corrected chi connectivity index (χ1v) is 8.15. The minimum atomic E-state index is -0.233. The molecule has 0 aromatic carbocycles. The molecule has 3 heterocycles. The molecule has 23 heavy (non-hydrogen) atoms. The number of amides is 1. The molecule has 1 N–H and O–H groups in total. The Morgan fingerprint density at radius 2 is 2.26 bits per heavy atom. The van der Waals surface area contributed by atoms with Crippen molar-refractivity contribution in [3.63, 3.8) is 0 Å². The van der Waals surface area contributed by atoms with E-state index < -0.39 is 0 Å². The quantitative estimate of drug-likeness (QED) is 0.855. The van der Waals surface area contributed by atoms with Gasteiger partial charge < -0.3 is 9.84 Å². The van der Waals surface area contributed by atoms with Crippen LogP contribution in [0.3, 0.4) is 0 Å². The van der Waals surface area contributed by atoms with Crippen LogP contribution in [-0.4, -0.2) is 49.9 Å². The van der Waals surface area contributed by atoms with Crippen LogP contribution < -0.4 is 5.32 Å². The maximum absolute atomic E-state index is 12.0. The van der Waals surface area contributed by atoms with Crippen LogP contribution in [-0.2, 0) is 6.54 Å². The molecule has 0 unspecified atom stereocenters. The predicted molar refractivity (Wildman–Crippen MR) is 80.6 cm³/mol. The molecule has 1 saturated heterocycles. The lowest BCUT2D eigenvalue weighted by atomic mass is 10.2. The number of carbonyl (C=O) groups is 1. The van der Waals surface area contributed by atoms with Gasteiger partial charge in [-0.2, -0.15) is 10.1 Å². The van der Waals surface area contributed by atoms with Crippen molar-refractivity contribution < 1.29 is 9.32 Å². The monoisotopic (exact) mass is 316 g/mol. The van der Waals surface area contributed by atoms with Crippen LogP contribution in [0.25, 0.3) is 0 Å². The first kappa shape index (κ1) is 14.4. The van der Waals surface area contributed by atoms with E-state index in [1.54, 1.807) is 6.20 Å². The molecule has 2 fully saturated rings. The molecule has 4 rings (SSSR count). The molecule has 0 spiro atoms. The Hall–Kier alpha value is -2.22. The number of nitrogens with zero attached hydrogens (tertiary/aromatic N) is 5. The third-order valence-corrected chi connectivity index (χ3v) is 4.38. The fourth-order valence-corrected chi connectivity index (χ4v) is 2.98. The summed E-state index contributed by atoms with van der Waals surface area (Å²) in [6.07, 6.45) is 7.89. The van der Waals surface area contributed by atoms with E-state index in [9.17, 15) is 4.79 Å². The average molecular weight is 316 g/mol. The van der Waals surface area contributed by atoms with E-state index in [-0.39, 0.29) is 17.8 Å². The number of carbonyl (C=O) groups excluding carboxylic acids is 1. The molecule has 1 amide bonds. The zero-order valence-electron chi connectivity index (χ0n) is 12.9. The van der Waals surface area contributed by atoms with E-state index >= 15 is 0 Å². The van der Waals surface area contributed by atoms with Gasteiger partial charge in [0.15, 0.2) is 0 Å². The maximum Gasteiger partial charge on any atom is 0.292 e. The van der Waals surface area contributed by atoms with Crippen LogP contribution in [0.5, 0.6) is 0 Å².